The van der Waals surface area contributed by atoms with Gasteiger partial charge in [-0.25, -0.2) is 0 Å². The topological polar surface area (TPSA) is 73.4 Å². The van der Waals surface area contributed by atoms with Crippen molar-refractivity contribution in [2.24, 2.45) is 11.7 Å². The summed E-state index contributed by atoms with van der Waals surface area (Å²) in [5.74, 6) is -0.0893. The van der Waals surface area contributed by atoms with E-state index in [0.29, 0.717) is 12.3 Å². The van der Waals surface area contributed by atoms with Crippen molar-refractivity contribution in [2.75, 3.05) is 25.5 Å². The van der Waals surface area contributed by atoms with Gasteiger partial charge in [0.25, 0.3) is 0 Å². The molecule has 0 radical (unpaired) electrons. The fourth-order valence-electron chi connectivity index (χ4n) is 3.17. The van der Waals surface area contributed by atoms with E-state index in [1.54, 1.807) is 11.3 Å². The Morgan fingerprint density at radius 2 is 1.89 bits per heavy atom. The van der Waals surface area contributed by atoms with Crippen LogP contribution in [-0.4, -0.2) is 37.5 Å². The number of hydrogen-bond acceptors (Lipinski definition) is 5. The number of rotatable bonds is 9. The maximum atomic E-state index is 12.1. The summed E-state index contributed by atoms with van der Waals surface area (Å²) in [4.78, 5) is 16.1. The van der Waals surface area contributed by atoms with Gasteiger partial charge in [-0.1, -0.05) is 38.1 Å². The molecule has 2 N–H and O–H groups in total. The molecule has 27 heavy (non-hydrogen) atoms. The Kier molecular flexibility index (Phi) is 7.40. The number of hydrogen-bond donors (Lipinski definition) is 1. The van der Waals surface area contributed by atoms with Crippen LogP contribution >= 0.6 is 11.3 Å². The minimum atomic E-state index is -0.494. The highest BCUT2D eigenvalue weighted by atomic mass is 32.1. The van der Waals surface area contributed by atoms with E-state index in [0.717, 1.165) is 23.4 Å². The molecule has 0 saturated heterocycles. The third kappa shape index (κ3) is 5.56. The number of anilines is 1. The minimum absolute atomic E-state index is 0.128. The highest BCUT2D eigenvalue weighted by Gasteiger charge is 2.27. The summed E-state index contributed by atoms with van der Waals surface area (Å²) >= 11 is 1.57. The quantitative estimate of drug-likeness (QED) is 0.669. The zero-order valence-corrected chi connectivity index (χ0v) is 17.3. The lowest BCUT2D eigenvalue weighted by Gasteiger charge is -2.31. The third-order valence-electron chi connectivity index (χ3n) is 4.36. The molecular formula is C21H28N4OS. The van der Waals surface area contributed by atoms with Crippen molar-refractivity contribution in [3.63, 3.8) is 0 Å². The van der Waals surface area contributed by atoms with E-state index >= 15 is 0 Å². The van der Waals surface area contributed by atoms with Crippen LogP contribution in [0.1, 0.15) is 25.8 Å². The molecule has 2 rings (SSSR count). The molecule has 144 valence electrons. The van der Waals surface area contributed by atoms with Gasteiger partial charge in [0.2, 0.25) is 5.91 Å². The van der Waals surface area contributed by atoms with Gasteiger partial charge in [0.1, 0.15) is 12.6 Å². The van der Waals surface area contributed by atoms with E-state index in [9.17, 15) is 10.1 Å². The molecule has 6 heteroatoms. The fourth-order valence-corrected chi connectivity index (χ4v) is 4.02. The monoisotopic (exact) mass is 384 g/mol. The van der Waals surface area contributed by atoms with Crippen molar-refractivity contribution < 1.29 is 4.79 Å². The van der Waals surface area contributed by atoms with Gasteiger partial charge in [-0.3, -0.25) is 4.79 Å². The number of thiophene rings is 1. The van der Waals surface area contributed by atoms with Crippen LogP contribution in [0.2, 0.25) is 0 Å². The first-order chi connectivity index (χ1) is 12.8. The first-order valence-electron chi connectivity index (χ1n) is 9.06. The zero-order chi connectivity index (χ0) is 20.0. The summed E-state index contributed by atoms with van der Waals surface area (Å²) in [6.45, 7) is 5.12. The maximum absolute atomic E-state index is 12.1. The number of benzene rings is 1. The Morgan fingerprint density at radius 1 is 1.22 bits per heavy atom. The van der Waals surface area contributed by atoms with E-state index in [2.05, 4.69) is 54.5 Å². The van der Waals surface area contributed by atoms with E-state index < -0.39 is 11.9 Å². The Bertz CT molecular complexity index is 789. The minimum Gasteiger partial charge on any atom is -0.368 e. The predicted octanol–water partition coefficient (Wildman–Crippen LogP) is 3.71. The highest BCUT2D eigenvalue weighted by Crippen LogP contribution is 2.36. The molecular weight excluding hydrogens is 356 g/mol. The third-order valence-corrected chi connectivity index (χ3v) is 5.09. The molecule has 1 aromatic heterocycles. The number of carbonyl (C=O) groups is 1. The Labute approximate surface area is 166 Å². The van der Waals surface area contributed by atoms with Gasteiger partial charge < -0.3 is 15.5 Å². The molecule has 0 bridgehead atoms. The van der Waals surface area contributed by atoms with E-state index in [-0.39, 0.29) is 6.54 Å². The zero-order valence-electron chi connectivity index (χ0n) is 16.5. The predicted molar refractivity (Wildman–Crippen MR) is 113 cm³/mol. The second-order valence-corrected chi connectivity index (χ2v) is 8.18. The fraction of sp³-hybridized carbons (Fsp3) is 0.429. The Morgan fingerprint density at radius 3 is 2.41 bits per heavy atom. The van der Waals surface area contributed by atoms with Crippen LogP contribution < -0.4 is 10.6 Å². The lowest BCUT2D eigenvalue weighted by molar-refractivity contribution is -0.119. The lowest BCUT2D eigenvalue weighted by Crippen LogP contribution is -2.46. The lowest BCUT2D eigenvalue weighted by atomic mass is 9.99. The van der Waals surface area contributed by atoms with Crippen LogP contribution in [0.5, 0.6) is 0 Å². The molecule has 0 aliphatic carbocycles. The van der Waals surface area contributed by atoms with Crippen molar-refractivity contribution in [1.82, 2.24) is 4.90 Å². The van der Waals surface area contributed by atoms with Crippen molar-refractivity contribution >= 4 is 22.9 Å². The number of primary amides is 1. The maximum Gasteiger partial charge on any atom is 0.240 e. The molecule has 1 atom stereocenters. The smallest absolute Gasteiger partial charge is 0.240 e. The summed E-state index contributed by atoms with van der Waals surface area (Å²) < 4.78 is 0. The number of amides is 1. The van der Waals surface area contributed by atoms with Crippen molar-refractivity contribution in [3.8, 4) is 17.2 Å². The summed E-state index contributed by atoms with van der Waals surface area (Å²) in [6, 6.07) is 10.1. The van der Waals surface area contributed by atoms with E-state index in [1.807, 2.05) is 24.4 Å². The number of nitriles is 1. The number of carbonyl (C=O) groups excluding carboxylic acids is 1. The van der Waals surface area contributed by atoms with Gasteiger partial charge in [-0.2, -0.15) is 5.26 Å². The first-order valence-corrected chi connectivity index (χ1v) is 10.0. The number of nitrogens with two attached hydrogens (primary N) is 1. The molecule has 1 amide bonds. The molecule has 2 aromatic rings. The molecule has 0 aliphatic heterocycles. The van der Waals surface area contributed by atoms with E-state index in [4.69, 9.17) is 5.73 Å². The van der Waals surface area contributed by atoms with E-state index in [1.165, 1.54) is 5.56 Å². The van der Waals surface area contributed by atoms with Crippen LogP contribution in [-0.2, 0) is 11.3 Å². The Balaban J connectivity index is 2.39. The van der Waals surface area contributed by atoms with Crippen LogP contribution in [0, 0.1) is 17.2 Å². The molecule has 0 spiro atoms. The average Bonchev–Trinajstić information content (AvgIpc) is 3.07. The summed E-state index contributed by atoms with van der Waals surface area (Å²) in [7, 11) is 4.09. The van der Waals surface area contributed by atoms with Crippen LogP contribution in [0.3, 0.4) is 0 Å². The van der Waals surface area contributed by atoms with Gasteiger partial charge in [0, 0.05) is 22.9 Å². The van der Waals surface area contributed by atoms with Gasteiger partial charge >= 0.3 is 0 Å². The van der Waals surface area contributed by atoms with Crippen LogP contribution in [0.25, 0.3) is 11.1 Å². The van der Waals surface area contributed by atoms with Crippen LogP contribution in [0.4, 0.5) is 5.69 Å². The van der Waals surface area contributed by atoms with Gasteiger partial charge in [0.05, 0.1) is 11.8 Å². The second kappa shape index (κ2) is 9.54. The van der Waals surface area contributed by atoms with Crippen molar-refractivity contribution in [3.05, 3.63) is 40.6 Å². The average molecular weight is 385 g/mol. The van der Waals surface area contributed by atoms with Gasteiger partial charge in [0.15, 0.2) is 0 Å². The highest BCUT2D eigenvalue weighted by molar-refractivity contribution is 7.08. The van der Waals surface area contributed by atoms with Crippen molar-refractivity contribution in [2.45, 2.75) is 32.9 Å². The molecule has 1 heterocycles. The molecule has 5 nitrogen and oxygen atoms in total. The standard InChI is InChI=1S/C21H28N4OS/c1-15(2)11-19(21(23)26)25(10-9-22)20-14-27-13-18(20)17-7-5-16(6-8-17)12-24(3)4/h5-8,13-15,19H,10-12H2,1-4H3,(H2,23,26)/t19-/m0/s1. The number of nitrogens with zero attached hydrogens (tertiary/aromatic N) is 3. The molecule has 1 aromatic carbocycles. The molecule has 0 aliphatic rings. The van der Waals surface area contributed by atoms with Crippen LogP contribution in [0.15, 0.2) is 35.0 Å². The molecule has 0 saturated carbocycles. The first kappa shape index (κ1) is 20.9. The van der Waals surface area contributed by atoms with Gasteiger partial charge in [-0.15, -0.1) is 11.3 Å². The summed E-state index contributed by atoms with van der Waals surface area (Å²) in [5, 5.41) is 13.4. The van der Waals surface area contributed by atoms with Gasteiger partial charge in [-0.05, 0) is 37.6 Å². The summed E-state index contributed by atoms with van der Waals surface area (Å²) in [5.41, 5.74) is 9.92. The summed E-state index contributed by atoms with van der Waals surface area (Å²) in [6.07, 6.45) is 0.619. The molecule has 0 fully saturated rings. The largest absolute Gasteiger partial charge is 0.368 e. The normalized spacial score (nSPS) is 12.2. The molecule has 0 unspecified atom stereocenters. The SMILES string of the molecule is CC(C)C[C@@H](C(N)=O)N(CC#N)c1cscc1-c1ccc(CN(C)C)cc1. The van der Waals surface area contributed by atoms with Crippen molar-refractivity contribution in [1.29, 1.82) is 5.26 Å². The Hall–Kier alpha value is -2.36. The second-order valence-electron chi connectivity index (χ2n) is 7.44.